The number of anilines is 1. The Morgan fingerprint density at radius 2 is 1.54 bits per heavy atom. The molecule has 0 fully saturated rings. The molecule has 3 N–H and O–H groups in total. The molecule has 0 bridgehead atoms. The van der Waals surface area contributed by atoms with Crippen molar-refractivity contribution in [2.45, 2.75) is 17.9 Å². The molecule has 0 radical (unpaired) electrons. The first-order chi connectivity index (χ1) is 19.4. The predicted octanol–water partition coefficient (Wildman–Crippen LogP) is 7.45. The van der Waals surface area contributed by atoms with E-state index in [-0.39, 0.29) is 44.6 Å². The van der Waals surface area contributed by atoms with Crippen molar-refractivity contribution in [1.82, 2.24) is 4.72 Å². The van der Waals surface area contributed by atoms with Crippen LogP contribution in [0.1, 0.15) is 21.5 Å². The molecule has 0 unspecified atom stereocenters. The number of aliphatic carboxylic acids is 1. The zero-order chi connectivity index (χ0) is 29.7. The van der Waals surface area contributed by atoms with Gasteiger partial charge in [0.15, 0.2) is 0 Å². The van der Waals surface area contributed by atoms with Gasteiger partial charge >= 0.3 is 5.97 Å². The summed E-state index contributed by atoms with van der Waals surface area (Å²) in [5.74, 6) is -0.761. The van der Waals surface area contributed by atoms with Crippen LogP contribution in [0.3, 0.4) is 0 Å². The van der Waals surface area contributed by atoms with Crippen molar-refractivity contribution < 1.29 is 27.9 Å². The van der Waals surface area contributed by atoms with E-state index in [0.717, 1.165) is 0 Å². The second kappa shape index (κ2) is 13.1. The molecule has 212 valence electrons. The lowest BCUT2D eigenvalue weighted by Gasteiger charge is -2.15. The maximum atomic E-state index is 12.9. The van der Waals surface area contributed by atoms with Crippen LogP contribution >= 0.6 is 46.4 Å². The van der Waals surface area contributed by atoms with Gasteiger partial charge in [0, 0.05) is 28.4 Å². The molecule has 0 aliphatic heterocycles. The van der Waals surface area contributed by atoms with E-state index in [1.807, 2.05) is 0 Å². The summed E-state index contributed by atoms with van der Waals surface area (Å²) in [6, 6.07) is 19.7. The molecule has 0 atom stereocenters. The minimum atomic E-state index is -4.04. The van der Waals surface area contributed by atoms with Gasteiger partial charge in [0.25, 0.3) is 5.91 Å². The fourth-order valence-corrected chi connectivity index (χ4v) is 5.75. The number of benzene rings is 4. The zero-order valence-corrected chi connectivity index (χ0v) is 24.7. The average Bonchev–Trinajstić information content (AvgIpc) is 2.90. The molecular formula is C28H20Cl4N2O6S. The number of carbonyl (C=O) groups excluding carboxylic acids is 1. The zero-order valence-electron chi connectivity index (χ0n) is 20.8. The number of amides is 1. The Labute approximate surface area is 255 Å². The molecule has 0 saturated heterocycles. The normalized spacial score (nSPS) is 11.2. The summed E-state index contributed by atoms with van der Waals surface area (Å²) in [4.78, 5) is 23.6. The predicted molar refractivity (Wildman–Crippen MR) is 159 cm³/mol. The van der Waals surface area contributed by atoms with E-state index in [9.17, 15) is 23.1 Å². The van der Waals surface area contributed by atoms with Gasteiger partial charge in [0.2, 0.25) is 10.0 Å². The number of sulfonamides is 1. The van der Waals surface area contributed by atoms with E-state index in [1.165, 1.54) is 30.3 Å². The fourth-order valence-electron chi connectivity index (χ4n) is 3.67. The highest BCUT2D eigenvalue weighted by atomic mass is 35.5. The number of carbonyl (C=O) groups is 2. The summed E-state index contributed by atoms with van der Waals surface area (Å²) >= 11 is 23.9. The molecule has 0 saturated carbocycles. The minimum Gasteiger partial charge on any atom is -0.481 e. The summed E-state index contributed by atoms with van der Waals surface area (Å²) in [7, 11) is -4.04. The van der Waals surface area contributed by atoms with Gasteiger partial charge < -0.3 is 15.2 Å². The largest absolute Gasteiger partial charge is 0.481 e. The number of hydrogen-bond acceptors (Lipinski definition) is 5. The van der Waals surface area contributed by atoms with Crippen molar-refractivity contribution in [1.29, 1.82) is 0 Å². The highest BCUT2D eigenvalue weighted by molar-refractivity contribution is 7.89. The third-order valence-corrected chi connectivity index (χ3v) is 8.50. The Morgan fingerprint density at radius 3 is 2.20 bits per heavy atom. The Morgan fingerprint density at radius 1 is 0.805 bits per heavy atom. The van der Waals surface area contributed by atoms with Crippen LogP contribution in [0.15, 0.2) is 83.8 Å². The van der Waals surface area contributed by atoms with Gasteiger partial charge in [-0.05, 0) is 72.3 Å². The summed E-state index contributed by atoms with van der Waals surface area (Å²) in [5, 5.41) is 12.8. The quantitative estimate of drug-likeness (QED) is 0.163. The lowest BCUT2D eigenvalue weighted by atomic mass is 10.1. The molecule has 13 heteroatoms. The molecule has 0 heterocycles. The Bertz CT molecular complexity index is 1730. The van der Waals surface area contributed by atoms with E-state index in [2.05, 4.69) is 10.0 Å². The van der Waals surface area contributed by atoms with Crippen molar-refractivity contribution in [3.8, 4) is 11.5 Å². The Kier molecular flexibility index (Phi) is 9.80. The highest BCUT2D eigenvalue weighted by Gasteiger charge is 2.19. The van der Waals surface area contributed by atoms with Gasteiger partial charge in [-0.1, -0.05) is 58.5 Å². The SMILES string of the molecule is O=C(O)Cc1ccc(Oc2ccc(NC(=O)c3ccc(Cl)c(Cl)c3)cc2)c(CNS(=O)(=O)c2ccc(Cl)cc2Cl)c1. The van der Waals surface area contributed by atoms with Crippen molar-refractivity contribution in [2.75, 3.05) is 5.32 Å². The number of ether oxygens (including phenoxy) is 1. The molecule has 0 aromatic heterocycles. The van der Waals surface area contributed by atoms with Gasteiger partial charge in [-0.25, -0.2) is 13.1 Å². The van der Waals surface area contributed by atoms with E-state index in [4.69, 9.17) is 51.1 Å². The van der Waals surface area contributed by atoms with Crippen LogP contribution in [0.4, 0.5) is 5.69 Å². The number of hydrogen-bond donors (Lipinski definition) is 3. The standard InChI is InChI=1S/C28H20Cl4N2O6S/c29-19-3-10-26(24(32)14-19)41(38,39)33-15-18-11-16(12-27(35)36)1-9-25(18)40-21-6-4-20(5-7-21)34-28(37)17-2-8-22(30)23(31)13-17/h1-11,13-14,33H,12,15H2,(H,34,37)(H,35,36). The third kappa shape index (κ3) is 8.13. The highest BCUT2D eigenvalue weighted by Crippen LogP contribution is 2.30. The number of carboxylic acids is 1. The number of nitrogens with one attached hydrogen (secondary N) is 2. The molecule has 0 spiro atoms. The number of rotatable bonds is 10. The van der Waals surface area contributed by atoms with Crippen LogP contribution in [0, 0.1) is 0 Å². The van der Waals surface area contributed by atoms with Crippen LogP contribution in [0.25, 0.3) is 0 Å². The van der Waals surface area contributed by atoms with E-state index >= 15 is 0 Å². The fraction of sp³-hybridized carbons (Fsp3) is 0.0714. The summed E-state index contributed by atoms with van der Waals surface area (Å²) in [6.07, 6.45) is -0.268. The smallest absolute Gasteiger partial charge is 0.307 e. The monoisotopic (exact) mass is 652 g/mol. The molecule has 0 aliphatic rings. The molecule has 41 heavy (non-hydrogen) atoms. The van der Waals surface area contributed by atoms with Gasteiger partial charge in [0.05, 0.1) is 21.5 Å². The van der Waals surface area contributed by atoms with Crippen LogP contribution in [0.5, 0.6) is 11.5 Å². The third-order valence-electron chi connectivity index (χ3n) is 5.64. The minimum absolute atomic E-state index is 0.0487. The first kappa shape index (κ1) is 30.6. The van der Waals surface area contributed by atoms with Crippen molar-refractivity contribution in [2.24, 2.45) is 0 Å². The Hall–Kier alpha value is -3.31. The first-order valence-corrected chi connectivity index (χ1v) is 14.7. The first-order valence-electron chi connectivity index (χ1n) is 11.7. The second-order valence-electron chi connectivity index (χ2n) is 8.62. The topological polar surface area (TPSA) is 122 Å². The van der Waals surface area contributed by atoms with E-state index < -0.39 is 16.0 Å². The Balaban J connectivity index is 1.52. The summed E-state index contributed by atoms with van der Waals surface area (Å²) < 4.78 is 34.3. The van der Waals surface area contributed by atoms with Crippen LogP contribution in [0.2, 0.25) is 20.1 Å². The molecule has 0 aliphatic carbocycles. The second-order valence-corrected chi connectivity index (χ2v) is 12.0. The molecular weight excluding hydrogens is 634 g/mol. The van der Waals surface area contributed by atoms with Crippen molar-refractivity contribution >= 4 is 74.0 Å². The van der Waals surface area contributed by atoms with Crippen LogP contribution in [-0.2, 0) is 27.8 Å². The van der Waals surface area contributed by atoms with Gasteiger partial charge in [0.1, 0.15) is 16.4 Å². The molecule has 4 aromatic carbocycles. The number of halogens is 4. The molecule has 1 amide bonds. The molecule has 4 rings (SSSR count). The maximum Gasteiger partial charge on any atom is 0.307 e. The lowest BCUT2D eigenvalue weighted by molar-refractivity contribution is -0.136. The van der Waals surface area contributed by atoms with Crippen LogP contribution < -0.4 is 14.8 Å². The molecule has 8 nitrogen and oxygen atoms in total. The number of carboxylic acid groups (broad SMARTS) is 1. The van der Waals surface area contributed by atoms with E-state index in [1.54, 1.807) is 48.5 Å². The average molecular weight is 654 g/mol. The van der Waals surface area contributed by atoms with Gasteiger partial charge in [-0.15, -0.1) is 0 Å². The summed E-state index contributed by atoms with van der Waals surface area (Å²) in [6.45, 7) is -0.220. The summed E-state index contributed by atoms with van der Waals surface area (Å²) in [5.41, 5.74) is 1.64. The maximum absolute atomic E-state index is 12.9. The van der Waals surface area contributed by atoms with E-state index in [0.29, 0.717) is 33.1 Å². The molecule has 4 aromatic rings. The van der Waals surface area contributed by atoms with Crippen molar-refractivity contribution in [3.05, 3.63) is 116 Å². The van der Waals surface area contributed by atoms with Gasteiger partial charge in [-0.3, -0.25) is 9.59 Å². The van der Waals surface area contributed by atoms with Crippen LogP contribution in [-0.4, -0.2) is 25.4 Å². The lowest BCUT2D eigenvalue weighted by Crippen LogP contribution is -2.24. The van der Waals surface area contributed by atoms with Crippen molar-refractivity contribution in [3.63, 3.8) is 0 Å². The van der Waals surface area contributed by atoms with Gasteiger partial charge in [-0.2, -0.15) is 0 Å².